The van der Waals surface area contributed by atoms with Gasteiger partial charge in [0.15, 0.2) is 0 Å². The van der Waals surface area contributed by atoms with Crippen LogP contribution in [0.25, 0.3) is 0 Å². The fourth-order valence-electron chi connectivity index (χ4n) is 5.57. The molecule has 3 aliphatic heterocycles. The molecule has 0 bridgehead atoms. The average molecular weight is 584 g/mol. The summed E-state index contributed by atoms with van der Waals surface area (Å²) < 4.78 is 37.0. The van der Waals surface area contributed by atoms with E-state index in [1.54, 1.807) is 6.92 Å². The molecule has 1 aliphatic carbocycles. The van der Waals surface area contributed by atoms with E-state index in [1.807, 2.05) is 11.4 Å². The van der Waals surface area contributed by atoms with Crippen LogP contribution in [0.4, 0.5) is 13.2 Å². The van der Waals surface area contributed by atoms with E-state index >= 15 is 0 Å². The molecule has 3 N–H and O–H groups in total. The number of amides is 4. The zero-order valence-corrected chi connectivity index (χ0v) is 22.1. The normalized spacial score (nSPS) is 33.6. The van der Waals surface area contributed by atoms with E-state index in [9.17, 15) is 37.6 Å². The quantitative estimate of drug-likeness (QED) is 0.389. The van der Waals surface area contributed by atoms with Gasteiger partial charge in [-0.2, -0.15) is 30.2 Å². The molecule has 0 spiro atoms. The molecular weight excluding hydrogens is 558 g/mol. The smallest absolute Gasteiger partial charge is 0.356 e. The molecule has 204 valence electrons. The number of rotatable bonds is 7. The molecule has 15 heteroatoms. The molecule has 3 saturated heterocycles. The van der Waals surface area contributed by atoms with E-state index in [2.05, 4.69) is 10.6 Å². The fourth-order valence-corrected chi connectivity index (χ4v) is 7.77. The lowest BCUT2D eigenvalue weighted by Gasteiger charge is -2.38. The number of nitrogens with zero attached hydrogens (tertiary/aromatic N) is 2. The van der Waals surface area contributed by atoms with Crippen LogP contribution < -0.4 is 16.0 Å². The highest BCUT2D eigenvalue weighted by molar-refractivity contribution is 8.01. The number of hydrogen-bond donors (Lipinski definition) is 3. The number of carbonyl (C=O) groups excluding carboxylic acids is 4. The Bertz CT molecular complexity index is 1030. The van der Waals surface area contributed by atoms with Gasteiger partial charge in [-0.1, -0.05) is 0 Å². The van der Waals surface area contributed by atoms with Crippen molar-refractivity contribution in [1.29, 1.82) is 5.26 Å². The van der Waals surface area contributed by atoms with E-state index < -0.39 is 68.9 Å². The summed E-state index contributed by atoms with van der Waals surface area (Å²) in [4.78, 5) is 52.0. The van der Waals surface area contributed by atoms with Crippen molar-refractivity contribution >= 4 is 58.6 Å². The van der Waals surface area contributed by atoms with Crippen LogP contribution in [0.2, 0.25) is 0 Å². The van der Waals surface area contributed by atoms with Crippen LogP contribution >= 0.6 is 35.0 Å². The van der Waals surface area contributed by atoms with Crippen LogP contribution in [-0.2, 0) is 19.2 Å². The van der Waals surface area contributed by atoms with Crippen LogP contribution in [0.3, 0.4) is 0 Å². The molecule has 0 aromatic carbocycles. The maximum absolute atomic E-state index is 13.7. The maximum atomic E-state index is 13.7. The number of nitrogens with one attached hydrogen (secondary N) is 3. The molecule has 4 fully saturated rings. The Morgan fingerprint density at radius 2 is 2.03 bits per heavy atom. The highest BCUT2D eigenvalue weighted by Crippen LogP contribution is 2.65. The van der Waals surface area contributed by atoms with E-state index in [0.29, 0.717) is 31.6 Å². The van der Waals surface area contributed by atoms with E-state index in [0.717, 1.165) is 4.90 Å². The Morgan fingerprint density at radius 1 is 1.32 bits per heavy atom. The van der Waals surface area contributed by atoms with Crippen molar-refractivity contribution in [2.75, 3.05) is 18.8 Å². The number of alkyl halides is 5. The Balaban J connectivity index is 1.56. The van der Waals surface area contributed by atoms with Gasteiger partial charge in [-0.05, 0) is 38.4 Å². The van der Waals surface area contributed by atoms with Crippen molar-refractivity contribution in [1.82, 2.24) is 20.9 Å². The van der Waals surface area contributed by atoms with Gasteiger partial charge in [0, 0.05) is 35.6 Å². The molecule has 0 radical (unpaired) electrons. The molecule has 4 aliphatic rings. The predicted molar refractivity (Wildman–Crippen MR) is 128 cm³/mol. The van der Waals surface area contributed by atoms with Crippen LogP contribution in [0.1, 0.15) is 32.6 Å². The topological polar surface area (TPSA) is 131 Å². The molecule has 3 heterocycles. The minimum absolute atomic E-state index is 0.0642. The third-order valence-corrected chi connectivity index (χ3v) is 10.3. The summed E-state index contributed by atoms with van der Waals surface area (Å²) in [6.45, 7) is 1.99. The first-order chi connectivity index (χ1) is 17.2. The van der Waals surface area contributed by atoms with Crippen LogP contribution in [0, 0.1) is 29.1 Å². The first-order valence-electron chi connectivity index (χ1n) is 11.9. The van der Waals surface area contributed by atoms with Gasteiger partial charge in [-0.3, -0.25) is 19.2 Å². The summed E-state index contributed by atoms with van der Waals surface area (Å²) in [6.07, 6.45) is -3.59. The summed E-state index contributed by atoms with van der Waals surface area (Å²) >= 11 is 13.9. The third-order valence-electron chi connectivity index (χ3n) is 7.68. The third kappa shape index (κ3) is 5.34. The standard InChI is InChI=1S/C22H26Cl2F3N5O4S/c1-20(4-2-6-37-20)15(31-19(36)22(25,26)27)18(35)32-9-12-13(21(12,23)24)14(32)17(34)30-11(8-28)7-10-3-5-29-16(10)33/h10-15H,2-7,9H2,1H3,(H,29,33)(H,30,34)(H,31,36)/t10-,11-,12-,13-,14?,15+,20?/m0/s1. The molecule has 1 saturated carbocycles. The van der Waals surface area contributed by atoms with Gasteiger partial charge >= 0.3 is 12.1 Å². The Hall–Kier alpha value is -1.91. The second kappa shape index (κ2) is 10.0. The minimum Gasteiger partial charge on any atom is -0.356 e. The zero-order valence-electron chi connectivity index (χ0n) is 19.7. The number of likely N-dealkylation sites (tertiary alicyclic amines) is 1. The highest BCUT2D eigenvalue weighted by Gasteiger charge is 2.74. The minimum atomic E-state index is -5.20. The van der Waals surface area contributed by atoms with Crippen molar-refractivity contribution in [3.05, 3.63) is 0 Å². The number of thioether (sulfide) groups is 1. The lowest BCUT2D eigenvalue weighted by Crippen LogP contribution is -2.62. The number of hydrogen-bond acceptors (Lipinski definition) is 6. The van der Waals surface area contributed by atoms with Gasteiger partial charge in [0.1, 0.15) is 22.5 Å². The summed E-state index contributed by atoms with van der Waals surface area (Å²) in [6, 6.07) is -1.89. The molecule has 37 heavy (non-hydrogen) atoms. The van der Waals surface area contributed by atoms with Crippen LogP contribution in [0.15, 0.2) is 0 Å². The summed E-state index contributed by atoms with van der Waals surface area (Å²) in [5.41, 5.74) is 0. The van der Waals surface area contributed by atoms with Crippen LogP contribution in [-0.4, -0.2) is 80.8 Å². The Labute approximate surface area is 225 Å². The second-order valence-electron chi connectivity index (χ2n) is 10.1. The second-order valence-corrected chi connectivity index (χ2v) is 13.2. The molecule has 4 amide bonds. The molecular formula is C22H26Cl2F3N5O4S. The van der Waals surface area contributed by atoms with Crippen molar-refractivity contribution in [3.63, 3.8) is 0 Å². The number of fused-ring (bicyclic) bond motifs is 1. The lowest BCUT2D eigenvalue weighted by molar-refractivity contribution is -0.175. The SMILES string of the molecule is CC1([C@H](NC(=O)C(F)(F)F)C(=O)N2C[C@H]3[C@@H](C2C(=O)N[C@H](C#N)C[C@@H]2CCNC2=O)C3(Cl)Cl)CCCS1. The first-order valence-corrected chi connectivity index (χ1v) is 13.6. The molecule has 4 rings (SSSR count). The predicted octanol–water partition coefficient (Wildman–Crippen LogP) is 1.48. The van der Waals surface area contributed by atoms with Gasteiger partial charge in [0.25, 0.3) is 0 Å². The van der Waals surface area contributed by atoms with E-state index in [1.165, 1.54) is 11.8 Å². The van der Waals surface area contributed by atoms with Gasteiger partial charge in [0.2, 0.25) is 17.7 Å². The van der Waals surface area contributed by atoms with Gasteiger partial charge in [-0.15, -0.1) is 23.2 Å². The molecule has 9 nitrogen and oxygen atoms in total. The highest BCUT2D eigenvalue weighted by atomic mass is 35.5. The summed E-state index contributed by atoms with van der Waals surface area (Å²) in [7, 11) is 0. The largest absolute Gasteiger partial charge is 0.471 e. The molecule has 0 aromatic heterocycles. The first kappa shape index (κ1) is 28.1. The van der Waals surface area contributed by atoms with Crippen molar-refractivity contribution in [2.24, 2.45) is 17.8 Å². The number of carbonyl (C=O) groups is 4. The molecule has 0 aromatic rings. The Morgan fingerprint density at radius 3 is 2.57 bits per heavy atom. The van der Waals surface area contributed by atoms with E-state index in [4.69, 9.17) is 23.2 Å². The summed E-state index contributed by atoms with van der Waals surface area (Å²) in [5, 5.41) is 16.6. The molecule has 2 unspecified atom stereocenters. The van der Waals surface area contributed by atoms with Crippen LogP contribution in [0.5, 0.6) is 0 Å². The average Bonchev–Trinajstić information content (AvgIpc) is 3.33. The van der Waals surface area contributed by atoms with Gasteiger partial charge in [-0.25, -0.2) is 0 Å². The summed E-state index contributed by atoms with van der Waals surface area (Å²) in [5.74, 6) is -5.09. The van der Waals surface area contributed by atoms with Crippen molar-refractivity contribution in [3.8, 4) is 6.07 Å². The Kier molecular flexibility index (Phi) is 7.60. The number of halogens is 5. The zero-order chi connectivity index (χ0) is 27.3. The fraction of sp³-hybridized carbons (Fsp3) is 0.773. The monoisotopic (exact) mass is 583 g/mol. The van der Waals surface area contributed by atoms with E-state index in [-0.39, 0.29) is 18.9 Å². The maximum Gasteiger partial charge on any atom is 0.471 e. The van der Waals surface area contributed by atoms with Crippen molar-refractivity contribution < 1.29 is 32.3 Å². The molecule has 7 atom stereocenters. The number of piperidine rings is 1. The van der Waals surface area contributed by atoms with Gasteiger partial charge in [0.05, 0.1) is 6.07 Å². The van der Waals surface area contributed by atoms with Crippen molar-refractivity contribution in [2.45, 2.75) is 66.0 Å². The number of nitriles is 1. The van der Waals surface area contributed by atoms with Gasteiger partial charge < -0.3 is 20.9 Å². The lowest BCUT2D eigenvalue weighted by atomic mass is 9.94.